The minimum absolute atomic E-state index is 0.0108. The highest BCUT2D eigenvalue weighted by Gasteiger charge is 2.39. The highest BCUT2D eigenvalue weighted by atomic mass is 16.5. The van der Waals surface area contributed by atoms with E-state index in [2.05, 4.69) is 5.32 Å². The zero-order chi connectivity index (χ0) is 21.1. The topological polar surface area (TPSA) is 128 Å². The Morgan fingerprint density at radius 2 is 1.64 bits per heavy atom. The average molecular weight is 395 g/mol. The van der Waals surface area contributed by atoms with Crippen LogP contribution >= 0.6 is 0 Å². The number of rotatable bonds is 11. The summed E-state index contributed by atoms with van der Waals surface area (Å²) >= 11 is 0. The number of hydrogen-bond acceptors (Lipinski definition) is 7. The standard InChI is InChI=1S/C19H25NO8/c1-4-27-14(21)11-13(19(25)28-5-2)15(18(23)24)20-17(22)16(26-3)12-9-7-6-8-10-12/h6-10,13,15-16H,4-5,11H2,1-3H3,(H,20,22)(H,23,24)/t13-,15+,16+/m0/s1. The Bertz CT molecular complexity index is 676. The maximum atomic E-state index is 12.6. The van der Waals surface area contributed by atoms with Gasteiger partial charge in [-0.15, -0.1) is 0 Å². The smallest absolute Gasteiger partial charge is 0.327 e. The van der Waals surface area contributed by atoms with Crippen LogP contribution in [0.15, 0.2) is 30.3 Å². The third kappa shape index (κ3) is 6.66. The zero-order valence-corrected chi connectivity index (χ0v) is 16.0. The van der Waals surface area contributed by atoms with E-state index in [9.17, 15) is 24.3 Å². The lowest BCUT2D eigenvalue weighted by Gasteiger charge is -2.25. The van der Waals surface area contributed by atoms with E-state index in [1.54, 1.807) is 44.2 Å². The summed E-state index contributed by atoms with van der Waals surface area (Å²) in [4.78, 5) is 48.4. The molecule has 1 aromatic carbocycles. The first-order valence-electron chi connectivity index (χ1n) is 8.78. The summed E-state index contributed by atoms with van der Waals surface area (Å²) in [5.74, 6) is -5.39. The summed E-state index contributed by atoms with van der Waals surface area (Å²) in [5.41, 5.74) is 0.504. The second kappa shape index (κ2) is 11.7. The second-order valence-corrected chi connectivity index (χ2v) is 5.72. The molecule has 1 amide bonds. The normalized spacial score (nSPS) is 13.7. The van der Waals surface area contributed by atoms with Crippen molar-refractivity contribution in [3.8, 4) is 0 Å². The van der Waals surface area contributed by atoms with Crippen molar-refractivity contribution >= 4 is 23.8 Å². The van der Waals surface area contributed by atoms with Crippen LogP contribution < -0.4 is 5.32 Å². The van der Waals surface area contributed by atoms with Crippen LogP contribution in [-0.2, 0) is 33.4 Å². The number of carboxylic acids is 1. The summed E-state index contributed by atoms with van der Waals surface area (Å²) in [6, 6.07) is 6.74. The maximum absolute atomic E-state index is 12.6. The lowest BCUT2D eigenvalue weighted by Crippen LogP contribution is -2.51. The van der Waals surface area contributed by atoms with Crippen molar-refractivity contribution in [3.05, 3.63) is 35.9 Å². The van der Waals surface area contributed by atoms with Crippen LogP contribution in [0.1, 0.15) is 31.9 Å². The second-order valence-electron chi connectivity index (χ2n) is 5.72. The summed E-state index contributed by atoms with van der Waals surface area (Å²) in [6.07, 6.45) is -1.64. The van der Waals surface area contributed by atoms with Crippen LogP contribution in [-0.4, -0.2) is 55.3 Å². The molecule has 0 aliphatic rings. The van der Waals surface area contributed by atoms with Gasteiger partial charge in [0.15, 0.2) is 6.10 Å². The fourth-order valence-corrected chi connectivity index (χ4v) is 2.57. The summed E-state index contributed by atoms with van der Waals surface area (Å²) in [6.45, 7) is 3.18. The number of hydrogen-bond donors (Lipinski definition) is 2. The van der Waals surface area contributed by atoms with Gasteiger partial charge >= 0.3 is 17.9 Å². The van der Waals surface area contributed by atoms with Gasteiger partial charge in [-0.25, -0.2) is 4.79 Å². The lowest BCUT2D eigenvalue weighted by atomic mass is 9.95. The van der Waals surface area contributed by atoms with Crippen molar-refractivity contribution < 1.29 is 38.5 Å². The molecule has 1 rings (SSSR count). The van der Waals surface area contributed by atoms with Gasteiger partial charge in [0.2, 0.25) is 0 Å². The van der Waals surface area contributed by atoms with E-state index < -0.39 is 48.3 Å². The van der Waals surface area contributed by atoms with Gasteiger partial charge in [-0.2, -0.15) is 0 Å². The number of nitrogens with one attached hydrogen (secondary N) is 1. The van der Waals surface area contributed by atoms with Crippen molar-refractivity contribution in [1.82, 2.24) is 5.32 Å². The van der Waals surface area contributed by atoms with Gasteiger partial charge in [-0.3, -0.25) is 14.4 Å². The quantitative estimate of drug-likeness (QED) is 0.533. The number of ether oxygens (including phenoxy) is 3. The van der Waals surface area contributed by atoms with Crippen LogP contribution in [0.3, 0.4) is 0 Å². The molecule has 0 bridgehead atoms. The van der Waals surface area contributed by atoms with Crippen molar-refractivity contribution in [2.75, 3.05) is 20.3 Å². The Balaban J connectivity index is 3.08. The molecule has 0 heterocycles. The Labute approximate surface area is 163 Å². The molecule has 3 atom stereocenters. The van der Waals surface area contributed by atoms with E-state index >= 15 is 0 Å². The van der Waals surface area contributed by atoms with Crippen LogP contribution in [0.25, 0.3) is 0 Å². The van der Waals surface area contributed by atoms with Gasteiger partial charge in [0.05, 0.1) is 25.6 Å². The van der Waals surface area contributed by atoms with E-state index in [0.717, 1.165) is 0 Å². The first-order chi connectivity index (χ1) is 13.3. The van der Waals surface area contributed by atoms with Gasteiger partial charge in [-0.1, -0.05) is 30.3 Å². The first kappa shape index (κ1) is 23.1. The number of carbonyl (C=O) groups is 4. The lowest BCUT2D eigenvalue weighted by molar-refractivity contribution is -0.160. The van der Waals surface area contributed by atoms with Crippen molar-refractivity contribution in [1.29, 1.82) is 0 Å². The van der Waals surface area contributed by atoms with Crippen LogP contribution in [0.5, 0.6) is 0 Å². The molecule has 0 aromatic heterocycles. The number of esters is 2. The van der Waals surface area contributed by atoms with E-state index in [-0.39, 0.29) is 13.2 Å². The third-order valence-corrected chi connectivity index (χ3v) is 3.82. The molecule has 0 unspecified atom stereocenters. The Kier molecular flexibility index (Phi) is 9.66. The minimum Gasteiger partial charge on any atom is -0.480 e. The summed E-state index contributed by atoms with van der Waals surface area (Å²) < 4.78 is 14.8. The largest absolute Gasteiger partial charge is 0.480 e. The molecule has 0 saturated carbocycles. The van der Waals surface area contributed by atoms with E-state index in [1.807, 2.05) is 0 Å². The molecule has 9 nitrogen and oxygen atoms in total. The molecule has 0 aliphatic carbocycles. The predicted octanol–water partition coefficient (Wildman–Crippen LogP) is 1.08. The van der Waals surface area contributed by atoms with E-state index in [4.69, 9.17) is 14.2 Å². The Hall–Kier alpha value is -2.94. The monoisotopic (exact) mass is 395 g/mol. The van der Waals surface area contributed by atoms with Crippen LogP contribution in [0, 0.1) is 5.92 Å². The number of aliphatic carboxylic acids is 1. The maximum Gasteiger partial charge on any atom is 0.327 e. The van der Waals surface area contributed by atoms with Crippen LogP contribution in [0.4, 0.5) is 0 Å². The number of carboxylic acid groups (broad SMARTS) is 1. The molecule has 0 aliphatic heterocycles. The van der Waals surface area contributed by atoms with Gasteiger partial charge in [0.25, 0.3) is 5.91 Å². The molecule has 0 spiro atoms. The molecule has 0 saturated heterocycles. The first-order valence-corrected chi connectivity index (χ1v) is 8.78. The number of amides is 1. The summed E-state index contributed by atoms with van der Waals surface area (Å²) in [5, 5.41) is 11.8. The molecule has 0 fully saturated rings. The number of methoxy groups -OCH3 is 1. The molecular formula is C19H25NO8. The Morgan fingerprint density at radius 1 is 1.04 bits per heavy atom. The van der Waals surface area contributed by atoms with Gasteiger partial charge in [-0.05, 0) is 19.4 Å². The zero-order valence-electron chi connectivity index (χ0n) is 16.0. The molecule has 2 N–H and O–H groups in total. The molecule has 9 heteroatoms. The van der Waals surface area contributed by atoms with E-state index in [0.29, 0.717) is 5.56 Å². The van der Waals surface area contributed by atoms with Gasteiger partial charge < -0.3 is 24.6 Å². The van der Waals surface area contributed by atoms with E-state index in [1.165, 1.54) is 7.11 Å². The SMILES string of the molecule is CCOC(=O)C[C@H](C(=O)OCC)[C@@H](NC(=O)[C@H](OC)c1ccccc1)C(=O)O. The Morgan fingerprint density at radius 3 is 2.14 bits per heavy atom. The van der Waals surface area contributed by atoms with Crippen molar-refractivity contribution in [3.63, 3.8) is 0 Å². The fourth-order valence-electron chi connectivity index (χ4n) is 2.57. The fraction of sp³-hybridized carbons (Fsp3) is 0.474. The molecule has 1 aromatic rings. The third-order valence-electron chi connectivity index (χ3n) is 3.82. The average Bonchev–Trinajstić information content (AvgIpc) is 2.66. The molecule has 0 radical (unpaired) electrons. The highest BCUT2D eigenvalue weighted by molar-refractivity contribution is 5.92. The van der Waals surface area contributed by atoms with Crippen molar-refractivity contribution in [2.24, 2.45) is 5.92 Å². The molecular weight excluding hydrogens is 370 g/mol. The van der Waals surface area contributed by atoms with Crippen molar-refractivity contribution in [2.45, 2.75) is 32.4 Å². The highest BCUT2D eigenvalue weighted by Crippen LogP contribution is 2.19. The van der Waals surface area contributed by atoms with Gasteiger partial charge in [0.1, 0.15) is 6.04 Å². The van der Waals surface area contributed by atoms with Crippen LogP contribution in [0.2, 0.25) is 0 Å². The number of carbonyl (C=O) groups excluding carboxylic acids is 3. The molecule has 28 heavy (non-hydrogen) atoms. The van der Waals surface area contributed by atoms with Gasteiger partial charge in [0, 0.05) is 7.11 Å². The molecule has 154 valence electrons. The predicted molar refractivity (Wildman–Crippen MR) is 97.1 cm³/mol. The minimum atomic E-state index is -1.70. The summed E-state index contributed by atoms with van der Waals surface area (Å²) in [7, 11) is 1.30. The number of benzene rings is 1.